The first-order chi connectivity index (χ1) is 8.97. The highest BCUT2D eigenvalue weighted by molar-refractivity contribution is 5.89. The number of carbonyl (C=O) groups is 1. The molecule has 1 heterocycles. The normalized spacial score (nSPS) is 12.5. The van der Waals surface area contributed by atoms with Crippen molar-refractivity contribution >= 4 is 11.7 Å². The van der Waals surface area contributed by atoms with Crippen molar-refractivity contribution in [2.45, 2.75) is 26.3 Å². The average Bonchev–Trinajstić information content (AvgIpc) is 2.27. The number of nitrogens with zero attached hydrogens (tertiary/aromatic N) is 2. The van der Waals surface area contributed by atoms with Crippen molar-refractivity contribution in [1.82, 2.24) is 15.2 Å². The van der Waals surface area contributed by atoms with Crippen LogP contribution in [-0.2, 0) is 0 Å². The van der Waals surface area contributed by atoms with Crippen molar-refractivity contribution < 1.29 is 4.79 Å². The predicted molar refractivity (Wildman–Crippen MR) is 78.2 cm³/mol. The summed E-state index contributed by atoms with van der Waals surface area (Å²) >= 11 is 0. The molecule has 0 aliphatic rings. The third kappa shape index (κ3) is 6.76. The molecule has 0 saturated heterocycles. The SMILES string of the molecule is CC(C)C[C@H](CN(C)C)NC(=O)Nc1cccnc1. The summed E-state index contributed by atoms with van der Waals surface area (Å²) in [5.41, 5.74) is 0.702. The van der Waals surface area contributed by atoms with E-state index in [1.54, 1.807) is 18.5 Å². The quantitative estimate of drug-likeness (QED) is 0.828. The maximum Gasteiger partial charge on any atom is 0.319 e. The van der Waals surface area contributed by atoms with E-state index in [1.165, 1.54) is 0 Å². The van der Waals surface area contributed by atoms with Gasteiger partial charge in [0, 0.05) is 18.8 Å². The number of rotatable bonds is 6. The third-order valence-electron chi connectivity index (χ3n) is 2.60. The van der Waals surface area contributed by atoms with Crippen molar-refractivity contribution in [1.29, 1.82) is 0 Å². The molecule has 0 bridgehead atoms. The second-order valence-electron chi connectivity index (χ2n) is 5.43. The van der Waals surface area contributed by atoms with Crippen LogP contribution in [-0.4, -0.2) is 42.6 Å². The van der Waals surface area contributed by atoms with Crippen molar-refractivity contribution in [2.75, 3.05) is 26.0 Å². The van der Waals surface area contributed by atoms with Crippen LogP contribution in [0.3, 0.4) is 0 Å². The smallest absolute Gasteiger partial charge is 0.319 e. The van der Waals surface area contributed by atoms with Gasteiger partial charge >= 0.3 is 6.03 Å². The number of hydrogen-bond donors (Lipinski definition) is 2. The van der Waals surface area contributed by atoms with Gasteiger partial charge in [0.05, 0.1) is 11.9 Å². The van der Waals surface area contributed by atoms with E-state index in [9.17, 15) is 4.79 Å². The average molecular weight is 264 g/mol. The van der Waals surface area contributed by atoms with Gasteiger partial charge in [0.2, 0.25) is 0 Å². The molecule has 2 N–H and O–H groups in total. The van der Waals surface area contributed by atoms with Gasteiger partial charge in [-0.15, -0.1) is 0 Å². The molecule has 1 atom stereocenters. The van der Waals surface area contributed by atoms with Crippen molar-refractivity contribution in [3.63, 3.8) is 0 Å². The maximum absolute atomic E-state index is 11.9. The Kier molecular flexibility index (Phi) is 6.29. The van der Waals surface area contributed by atoms with Gasteiger partial charge in [0.15, 0.2) is 0 Å². The molecule has 0 aliphatic heterocycles. The highest BCUT2D eigenvalue weighted by Gasteiger charge is 2.14. The molecule has 0 unspecified atom stereocenters. The summed E-state index contributed by atoms with van der Waals surface area (Å²) < 4.78 is 0. The second-order valence-corrected chi connectivity index (χ2v) is 5.43. The number of amides is 2. The van der Waals surface area contributed by atoms with Crippen molar-refractivity contribution in [2.24, 2.45) is 5.92 Å². The molecule has 106 valence electrons. The summed E-state index contributed by atoms with van der Waals surface area (Å²) in [5, 5.41) is 5.80. The van der Waals surface area contributed by atoms with Crippen LogP contribution in [0.15, 0.2) is 24.5 Å². The molecule has 1 aromatic rings. The number of aromatic nitrogens is 1. The number of hydrogen-bond acceptors (Lipinski definition) is 3. The van der Waals surface area contributed by atoms with E-state index in [0.717, 1.165) is 13.0 Å². The van der Waals surface area contributed by atoms with Crippen LogP contribution in [0.2, 0.25) is 0 Å². The monoisotopic (exact) mass is 264 g/mol. The van der Waals surface area contributed by atoms with Crippen LogP contribution in [0, 0.1) is 5.92 Å². The molecule has 0 aromatic carbocycles. The topological polar surface area (TPSA) is 57.3 Å². The van der Waals surface area contributed by atoms with Gasteiger partial charge in [-0.3, -0.25) is 4.98 Å². The van der Waals surface area contributed by atoms with Crippen molar-refractivity contribution in [3.8, 4) is 0 Å². The molecule has 1 aromatic heterocycles. The summed E-state index contributed by atoms with van der Waals surface area (Å²) in [4.78, 5) is 18.0. The first-order valence-corrected chi connectivity index (χ1v) is 6.59. The van der Waals surface area contributed by atoms with Crippen LogP contribution in [0.1, 0.15) is 20.3 Å². The third-order valence-corrected chi connectivity index (χ3v) is 2.60. The largest absolute Gasteiger partial charge is 0.334 e. The lowest BCUT2D eigenvalue weighted by Gasteiger charge is -2.24. The first kappa shape index (κ1) is 15.4. The van der Waals surface area contributed by atoms with Gasteiger partial charge in [-0.2, -0.15) is 0 Å². The Morgan fingerprint density at radius 3 is 2.68 bits per heavy atom. The lowest BCUT2D eigenvalue weighted by molar-refractivity contribution is 0.240. The molecule has 19 heavy (non-hydrogen) atoms. The van der Waals surface area contributed by atoms with Crippen molar-refractivity contribution in [3.05, 3.63) is 24.5 Å². The Hall–Kier alpha value is -1.62. The minimum absolute atomic E-state index is 0.145. The van der Waals surface area contributed by atoms with E-state index < -0.39 is 0 Å². The Bertz CT molecular complexity index is 368. The minimum atomic E-state index is -0.180. The standard InChI is InChI=1S/C14H24N4O/c1-11(2)8-13(10-18(3)4)17-14(19)16-12-6-5-7-15-9-12/h5-7,9,11,13H,8,10H2,1-4H3,(H2,16,17,19)/t13-/m1/s1. The second kappa shape index (κ2) is 7.74. The van der Waals surface area contributed by atoms with Gasteiger partial charge in [-0.25, -0.2) is 4.79 Å². The number of likely N-dealkylation sites (N-methyl/N-ethyl adjacent to an activating group) is 1. The van der Waals surface area contributed by atoms with E-state index >= 15 is 0 Å². The van der Waals surface area contributed by atoms with Crippen LogP contribution >= 0.6 is 0 Å². The molecule has 0 saturated carbocycles. The van der Waals surface area contributed by atoms with Crippen LogP contribution in [0.5, 0.6) is 0 Å². The molecular formula is C14H24N4O. The summed E-state index contributed by atoms with van der Waals surface area (Å²) in [6, 6.07) is 3.57. The Morgan fingerprint density at radius 1 is 1.42 bits per heavy atom. The fourth-order valence-electron chi connectivity index (χ4n) is 1.98. The Balaban J connectivity index is 2.50. The van der Waals surface area contributed by atoms with E-state index in [-0.39, 0.29) is 12.1 Å². The zero-order chi connectivity index (χ0) is 14.3. The van der Waals surface area contributed by atoms with E-state index in [4.69, 9.17) is 0 Å². The molecule has 5 nitrogen and oxygen atoms in total. The highest BCUT2D eigenvalue weighted by atomic mass is 16.2. The Morgan fingerprint density at radius 2 is 2.16 bits per heavy atom. The number of anilines is 1. The number of pyridine rings is 1. The lowest BCUT2D eigenvalue weighted by atomic mass is 10.0. The fourth-order valence-corrected chi connectivity index (χ4v) is 1.98. The molecule has 5 heteroatoms. The highest BCUT2D eigenvalue weighted by Crippen LogP contribution is 2.07. The molecular weight excluding hydrogens is 240 g/mol. The number of carbonyl (C=O) groups excluding carboxylic acids is 1. The summed E-state index contributed by atoms with van der Waals surface area (Å²) in [6.07, 6.45) is 4.26. The maximum atomic E-state index is 11.9. The van der Waals surface area contributed by atoms with Gasteiger partial charge < -0.3 is 15.5 Å². The van der Waals surface area contributed by atoms with Gasteiger partial charge in [0.25, 0.3) is 0 Å². The Labute approximate surface area is 115 Å². The summed E-state index contributed by atoms with van der Waals surface area (Å²) in [7, 11) is 4.02. The molecule has 1 rings (SSSR count). The fraction of sp³-hybridized carbons (Fsp3) is 0.571. The predicted octanol–water partition coefficient (Wildman–Crippen LogP) is 2.18. The van der Waals surface area contributed by atoms with Gasteiger partial charge in [-0.05, 0) is 38.6 Å². The van der Waals surface area contributed by atoms with E-state index in [1.807, 2.05) is 20.2 Å². The number of nitrogens with one attached hydrogen (secondary N) is 2. The number of urea groups is 1. The molecule has 2 amide bonds. The van der Waals surface area contributed by atoms with Crippen LogP contribution < -0.4 is 10.6 Å². The molecule has 0 aliphatic carbocycles. The lowest BCUT2D eigenvalue weighted by Crippen LogP contribution is -2.44. The van der Waals surface area contributed by atoms with E-state index in [0.29, 0.717) is 11.6 Å². The summed E-state index contributed by atoms with van der Waals surface area (Å²) in [5.74, 6) is 0.545. The molecule has 0 fully saturated rings. The zero-order valence-corrected chi connectivity index (χ0v) is 12.2. The zero-order valence-electron chi connectivity index (χ0n) is 12.2. The van der Waals surface area contributed by atoms with Crippen LogP contribution in [0.25, 0.3) is 0 Å². The molecule has 0 radical (unpaired) electrons. The van der Waals surface area contributed by atoms with E-state index in [2.05, 4.69) is 34.4 Å². The minimum Gasteiger partial charge on any atom is -0.334 e. The van der Waals surface area contributed by atoms with Crippen LogP contribution in [0.4, 0.5) is 10.5 Å². The van der Waals surface area contributed by atoms with Gasteiger partial charge in [0.1, 0.15) is 0 Å². The molecule has 0 spiro atoms. The first-order valence-electron chi connectivity index (χ1n) is 6.59. The van der Waals surface area contributed by atoms with Gasteiger partial charge in [-0.1, -0.05) is 13.8 Å². The summed E-state index contributed by atoms with van der Waals surface area (Å²) in [6.45, 7) is 5.14.